The largest absolute Gasteiger partial charge is 0.477 e. The number of carboxylic acid groups (broad SMARTS) is 2. The number of carbonyl (C=O) groups excluding carboxylic acids is 5. The number of rotatable bonds is 7. The maximum atomic E-state index is 11.3. The van der Waals surface area contributed by atoms with Gasteiger partial charge in [0, 0.05) is 43.4 Å². The molecule has 7 heterocycles. The summed E-state index contributed by atoms with van der Waals surface area (Å²) in [4.78, 5) is 106. The highest BCUT2D eigenvalue weighted by Gasteiger charge is 2.13. The van der Waals surface area contributed by atoms with Crippen molar-refractivity contribution in [1.82, 2.24) is 34.9 Å². The topological polar surface area (TPSA) is 348 Å². The second-order valence-electron chi connectivity index (χ2n) is 20.9. The predicted molar refractivity (Wildman–Crippen MR) is 434 cm³/mol. The van der Waals surface area contributed by atoms with E-state index in [1.807, 2.05) is 207 Å². The molecule has 23 heteroatoms. The van der Waals surface area contributed by atoms with Gasteiger partial charge in [-0.05, 0) is 129 Å². The number of aryl methyl sites for hydroxylation is 2. The van der Waals surface area contributed by atoms with Crippen LogP contribution in [0.25, 0.3) is 76.3 Å². The molecule has 14 aromatic rings. The Morgan fingerprint density at radius 1 is 0.266 bits per heavy atom. The second kappa shape index (κ2) is 48.5. The van der Waals surface area contributed by atoms with Crippen molar-refractivity contribution in [2.75, 3.05) is 48.3 Å². The number of anilines is 1. The van der Waals surface area contributed by atoms with Crippen LogP contribution < -0.4 is 11.5 Å². The minimum atomic E-state index is -0.995. The molecule has 0 aliphatic rings. The van der Waals surface area contributed by atoms with E-state index in [0.717, 1.165) is 76.4 Å². The molecule has 6 N–H and O–H groups in total. The summed E-state index contributed by atoms with van der Waals surface area (Å²) in [5.41, 5.74) is 20.3. The summed E-state index contributed by atoms with van der Waals surface area (Å²) in [6.45, 7) is 16.0. The minimum absolute atomic E-state index is 0. The van der Waals surface area contributed by atoms with Gasteiger partial charge in [-0.1, -0.05) is 196 Å². The van der Waals surface area contributed by atoms with Crippen molar-refractivity contribution in [3.05, 3.63) is 288 Å². The van der Waals surface area contributed by atoms with Crippen LogP contribution in [0.2, 0.25) is 0 Å². The maximum absolute atomic E-state index is 11.3. The van der Waals surface area contributed by atoms with E-state index in [1.165, 1.54) is 54.7 Å². The van der Waals surface area contributed by atoms with Crippen molar-refractivity contribution in [2.24, 2.45) is 5.73 Å². The van der Waals surface area contributed by atoms with Gasteiger partial charge in [0.1, 0.15) is 39.9 Å². The monoisotopic (exact) mass is 1480 g/mol. The number of para-hydroxylation sites is 4. The first-order valence-electron chi connectivity index (χ1n) is 33.6. The molecule has 0 bridgehead atoms. The normalized spacial score (nSPS) is 9.46. The predicted octanol–water partition coefficient (Wildman–Crippen LogP) is 18.1. The molecule has 0 saturated carbocycles. The molecule has 7 aromatic heterocycles. The Kier molecular flexibility index (Phi) is 40.7. The Labute approximate surface area is 635 Å². The van der Waals surface area contributed by atoms with Gasteiger partial charge in [0.2, 0.25) is 0 Å². The number of aromatic nitrogens is 7. The van der Waals surface area contributed by atoms with E-state index in [0.29, 0.717) is 39.5 Å². The molecule has 0 atom stereocenters. The number of methoxy groups -OCH3 is 5. The van der Waals surface area contributed by atoms with E-state index in [9.17, 15) is 33.6 Å². The van der Waals surface area contributed by atoms with Gasteiger partial charge < -0.3 is 45.4 Å². The molecule has 0 aliphatic heterocycles. The molecule has 0 radical (unpaired) electrons. The number of nitrogen functional groups attached to an aromatic ring is 1. The molecule has 0 unspecified atom stereocenters. The molecular weight excluding hydrogens is 1380 g/mol. The molecule has 7 aromatic carbocycles. The Balaban J connectivity index is 0.000000424. The molecular formula is C86H95N9O14. The van der Waals surface area contributed by atoms with Crippen LogP contribution in [0, 0.1) is 13.8 Å². The van der Waals surface area contributed by atoms with Crippen molar-refractivity contribution >= 4 is 124 Å². The molecule has 0 aliphatic carbocycles. The number of benzene rings is 7. The maximum Gasteiger partial charge on any atom is 0.356 e. The molecule has 0 fully saturated rings. The number of carbonyl (C=O) groups is 7. The quantitative estimate of drug-likeness (QED) is 0.0654. The zero-order valence-corrected chi connectivity index (χ0v) is 62.1. The van der Waals surface area contributed by atoms with Crippen LogP contribution in [0.1, 0.15) is 141 Å². The molecule has 0 amide bonds. The van der Waals surface area contributed by atoms with Crippen LogP contribution in [0.5, 0.6) is 0 Å². The fourth-order valence-electron chi connectivity index (χ4n) is 9.39. The summed E-state index contributed by atoms with van der Waals surface area (Å²) in [5.74, 6) is -4.06. The summed E-state index contributed by atoms with van der Waals surface area (Å²) in [5, 5.41) is 24.3. The van der Waals surface area contributed by atoms with Gasteiger partial charge in [-0.3, -0.25) is 0 Å². The Bertz CT molecular complexity index is 4980. The Morgan fingerprint density at radius 3 is 0.752 bits per heavy atom. The summed E-state index contributed by atoms with van der Waals surface area (Å²) < 4.78 is 22.9. The zero-order valence-electron chi connectivity index (χ0n) is 62.1. The molecule has 23 nitrogen and oxygen atoms in total. The highest BCUT2D eigenvalue weighted by molar-refractivity contribution is 5.97. The van der Waals surface area contributed by atoms with Gasteiger partial charge in [0.15, 0.2) is 0 Å². The van der Waals surface area contributed by atoms with Gasteiger partial charge in [-0.25, -0.2) is 68.4 Å². The van der Waals surface area contributed by atoms with E-state index in [1.54, 1.807) is 72.8 Å². The Hall–Kier alpha value is -13.5. The van der Waals surface area contributed by atoms with Crippen LogP contribution >= 0.6 is 0 Å². The van der Waals surface area contributed by atoms with Crippen LogP contribution in [-0.4, -0.2) is 129 Å². The second-order valence-corrected chi connectivity index (χ2v) is 20.9. The highest BCUT2D eigenvalue weighted by atomic mass is 16.5. The lowest BCUT2D eigenvalue weighted by Crippen LogP contribution is -2.04. The summed E-state index contributed by atoms with van der Waals surface area (Å²) in [6, 6.07) is 71.3. The third-order valence-electron chi connectivity index (χ3n) is 14.5. The van der Waals surface area contributed by atoms with E-state index in [-0.39, 0.29) is 31.9 Å². The third-order valence-corrected chi connectivity index (χ3v) is 14.5. The fourth-order valence-corrected chi connectivity index (χ4v) is 9.39. The number of carboxylic acids is 2. The lowest BCUT2D eigenvalue weighted by Gasteiger charge is -2.03. The standard InChI is InChI=1S/C12H11NO2.C11H10N2O2.4C11H9NO2.C10H7NO2.3C2H6.CH5N.2CH4/c1-8-4-3-5-10-9(8)6-7-11(13-10)12(14)15-2;1-15-11(14)10-6-5-7-8(12)3-2-4-9(7)13-10;1-7-3-2-4-9-8(7)5-6-10(12-9)11(13)14;3*1-14-11(13)10-7-6-8-4-2-3-5-9(8)12-10;12-10(13)9-6-5-7-3-1-2-4-8(7)11-9;4*1-2;;/h3-7H,1-2H3;2-6H,12H2,1H3;2-6H,1H3,(H,13,14);3*2-7H,1H3;1-6H,(H,12,13);3*1-2H3;2H2,1H3;2*1H4. The number of nitrogens with two attached hydrogens (primary N) is 2. The van der Waals surface area contributed by atoms with Crippen LogP contribution in [-0.2, 0) is 23.7 Å². The third kappa shape index (κ3) is 26.8. The molecule has 14 rings (SSSR count). The summed E-state index contributed by atoms with van der Waals surface area (Å²) >= 11 is 0. The van der Waals surface area contributed by atoms with Gasteiger partial charge in [0.05, 0.1) is 74.2 Å². The molecule has 0 spiro atoms. The highest BCUT2D eigenvalue weighted by Crippen LogP contribution is 2.22. The average Bonchev–Trinajstić information content (AvgIpc) is 0.819. The van der Waals surface area contributed by atoms with Crippen LogP contribution in [0.15, 0.2) is 237 Å². The van der Waals surface area contributed by atoms with E-state index in [2.05, 4.69) is 64.3 Å². The first kappa shape index (κ1) is 91.5. The lowest BCUT2D eigenvalue weighted by atomic mass is 10.1. The first-order valence-corrected chi connectivity index (χ1v) is 33.6. The zero-order chi connectivity index (χ0) is 79.0. The van der Waals surface area contributed by atoms with Crippen LogP contribution in [0.4, 0.5) is 5.69 Å². The van der Waals surface area contributed by atoms with Crippen molar-refractivity contribution < 1.29 is 67.5 Å². The number of fused-ring (bicyclic) bond motifs is 7. The van der Waals surface area contributed by atoms with Crippen LogP contribution in [0.3, 0.4) is 0 Å². The van der Waals surface area contributed by atoms with E-state index >= 15 is 0 Å². The van der Waals surface area contributed by atoms with Gasteiger partial charge >= 0.3 is 41.8 Å². The van der Waals surface area contributed by atoms with Crippen molar-refractivity contribution in [2.45, 2.75) is 70.2 Å². The van der Waals surface area contributed by atoms with Gasteiger partial charge in [-0.2, -0.15) is 0 Å². The number of nitrogens with zero attached hydrogens (tertiary/aromatic N) is 7. The summed E-state index contributed by atoms with van der Waals surface area (Å²) in [6.07, 6.45) is 0. The fraction of sp³-hybridized carbons (Fsp3) is 0.186. The molecule has 0 saturated heterocycles. The van der Waals surface area contributed by atoms with Crippen molar-refractivity contribution in [1.29, 1.82) is 0 Å². The summed E-state index contributed by atoms with van der Waals surface area (Å²) in [7, 11) is 8.22. The number of ether oxygens (including phenoxy) is 5. The van der Waals surface area contributed by atoms with Gasteiger partial charge in [-0.15, -0.1) is 0 Å². The number of esters is 5. The smallest absolute Gasteiger partial charge is 0.356 e. The SMILES string of the molecule is C.C.CC.CC.CC.CN.COC(=O)c1ccc2c(C)cccc2n1.COC(=O)c1ccc2c(N)cccc2n1.COC(=O)c1ccc2ccccc2n1.COC(=O)c1ccc2ccccc2n1.COC(=O)c1ccc2ccccc2n1.Cc1cccc2nc(C(=O)O)ccc12.O=C(O)c1ccc2ccccc2n1. The van der Waals surface area contributed by atoms with Crippen molar-refractivity contribution in [3.8, 4) is 0 Å². The lowest BCUT2D eigenvalue weighted by molar-refractivity contribution is 0.0586. The average molecular weight is 1480 g/mol. The van der Waals surface area contributed by atoms with E-state index in [4.69, 9.17) is 15.9 Å². The Morgan fingerprint density at radius 2 is 0.468 bits per heavy atom. The number of hydrogen-bond donors (Lipinski definition) is 4. The first-order chi connectivity index (χ1) is 51.8. The van der Waals surface area contributed by atoms with Gasteiger partial charge in [0.25, 0.3) is 0 Å². The molecule has 568 valence electrons. The van der Waals surface area contributed by atoms with Crippen molar-refractivity contribution in [3.63, 3.8) is 0 Å². The number of pyridine rings is 7. The number of aromatic carboxylic acids is 2. The minimum Gasteiger partial charge on any atom is -0.477 e. The molecule has 109 heavy (non-hydrogen) atoms. The van der Waals surface area contributed by atoms with E-state index < -0.39 is 41.8 Å². The number of hydrogen-bond acceptors (Lipinski definition) is 21.